The maximum absolute atomic E-state index is 11.7. The maximum Gasteiger partial charge on any atom is 0.407 e. The van der Waals surface area contributed by atoms with Crippen LogP contribution in [0.15, 0.2) is 6.20 Å². The highest BCUT2D eigenvalue weighted by molar-refractivity contribution is 5.67. The first-order valence-electron chi connectivity index (χ1n) is 8.26. The highest BCUT2D eigenvalue weighted by atomic mass is 16.6. The average molecular weight is 325 g/mol. The molecule has 0 radical (unpaired) electrons. The number of aromatic nitrogens is 2. The molecular formula is C17H31N3O3. The Morgan fingerprint density at radius 2 is 2.13 bits per heavy atom. The lowest BCUT2D eigenvalue weighted by molar-refractivity contribution is 0.0526. The van der Waals surface area contributed by atoms with Crippen LogP contribution in [0.5, 0.6) is 0 Å². The molecule has 0 aliphatic heterocycles. The fourth-order valence-electron chi connectivity index (χ4n) is 2.44. The summed E-state index contributed by atoms with van der Waals surface area (Å²) in [6.07, 6.45) is 3.60. The second-order valence-corrected chi connectivity index (χ2v) is 6.75. The van der Waals surface area contributed by atoms with Gasteiger partial charge in [-0.05, 0) is 40.5 Å². The molecular weight excluding hydrogens is 294 g/mol. The number of alkyl carbamates (subject to hydrolysis) is 1. The average Bonchev–Trinajstić information content (AvgIpc) is 2.79. The van der Waals surface area contributed by atoms with E-state index in [2.05, 4.69) is 21.8 Å². The van der Waals surface area contributed by atoms with Gasteiger partial charge >= 0.3 is 6.09 Å². The highest BCUT2D eigenvalue weighted by Crippen LogP contribution is 2.22. The van der Waals surface area contributed by atoms with Crippen molar-refractivity contribution in [3.8, 4) is 0 Å². The third-order valence-corrected chi connectivity index (χ3v) is 3.48. The molecule has 23 heavy (non-hydrogen) atoms. The first kappa shape index (κ1) is 19.5. The van der Waals surface area contributed by atoms with Crippen molar-refractivity contribution in [2.45, 2.75) is 65.5 Å². The number of hydrogen-bond acceptors (Lipinski definition) is 4. The van der Waals surface area contributed by atoms with Gasteiger partial charge in [-0.25, -0.2) is 9.78 Å². The maximum atomic E-state index is 11.7. The van der Waals surface area contributed by atoms with Crippen molar-refractivity contribution < 1.29 is 14.3 Å². The normalized spacial score (nSPS) is 13.0. The van der Waals surface area contributed by atoms with E-state index in [9.17, 15) is 4.79 Å². The lowest BCUT2D eigenvalue weighted by atomic mass is 10.0. The van der Waals surface area contributed by atoms with Crippen LogP contribution in [0, 0.1) is 6.92 Å². The van der Waals surface area contributed by atoms with Crippen molar-refractivity contribution >= 4 is 6.09 Å². The summed E-state index contributed by atoms with van der Waals surface area (Å²) < 4.78 is 12.6. The van der Waals surface area contributed by atoms with E-state index < -0.39 is 5.60 Å². The molecule has 132 valence electrons. The van der Waals surface area contributed by atoms with Crippen LogP contribution in [0.1, 0.15) is 58.0 Å². The zero-order valence-electron chi connectivity index (χ0n) is 15.3. The largest absolute Gasteiger partial charge is 0.444 e. The Morgan fingerprint density at radius 1 is 1.43 bits per heavy atom. The van der Waals surface area contributed by atoms with Gasteiger partial charge in [0.15, 0.2) is 0 Å². The van der Waals surface area contributed by atoms with Crippen LogP contribution in [0.3, 0.4) is 0 Å². The minimum absolute atomic E-state index is 0.366. The second-order valence-electron chi connectivity index (χ2n) is 6.75. The Kier molecular flexibility index (Phi) is 7.55. The Labute approximate surface area is 139 Å². The van der Waals surface area contributed by atoms with Gasteiger partial charge in [-0.2, -0.15) is 0 Å². The summed E-state index contributed by atoms with van der Waals surface area (Å²) >= 11 is 0. The van der Waals surface area contributed by atoms with E-state index in [4.69, 9.17) is 9.47 Å². The number of nitrogens with one attached hydrogen (secondary N) is 1. The second kappa shape index (κ2) is 8.91. The topological polar surface area (TPSA) is 65.4 Å². The summed E-state index contributed by atoms with van der Waals surface area (Å²) in [4.78, 5) is 16.4. The molecule has 1 aromatic heterocycles. The van der Waals surface area contributed by atoms with Crippen LogP contribution in [0.4, 0.5) is 4.79 Å². The SMILES string of the molecule is CCC(CCOC)c1nc(C)cn1CCNC(=O)OC(C)(C)C. The predicted octanol–water partition coefficient (Wildman–Crippen LogP) is 3.25. The quantitative estimate of drug-likeness (QED) is 0.797. The van der Waals surface area contributed by atoms with Crippen molar-refractivity contribution in [3.63, 3.8) is 0 Å². The number of nitrogens with zero attached hydrogens (tertiary/aromatic N) is 2. The molecule has 0 aromatic carbocycles. The van der Waals surface area contributed by atoms with Gasteiger partial charge in [-0.1, -0.05) is 6.92 Å². The molecule has 0 bridgehead atoms. The molecule has 6 nitrogen and oxygen atoms in total. The summed E-state index contributed by atoms with van der Waals surface area (Å²) in [6, 6.07) is 0. The molecule has 0 saturated heterocycles. The molecule has 6 heteroatoms. The number of imidazole rings is 1. The highest BCUT2D eigenvalue weighted by Gasteiger charge is 2.18. The van der Waals surface area contributed by atoms with E-state index in [1.807, 2.05) is 33.9 Å². The van der Waals surface area contributed by atoms with E-state index in [-0.39, 0.29) is 6.09 Å². The Bertz CT molecular complexity index is 492. The Balaban J connectivity index is 2.61. The number of carbonyl (C=O) groups is 1. The summed E-state index contributed by atoms with van der Waals surface area (Å²) in [7, 11) is 1.72. The third-order valence-electron chi connectivity index (χ3n) is 3.48. The smallest absolute Gasteiger partial charge is 0.407 e. The molecule has 1 unspecified atom stereocenters. The summed E-state index contributed by atoms with van der Waals surface area (Å²) in [5.41, 5.74) is 0.516. The van der Waals surface area contributed by atoms with E-state index in [1.165, 1.54) is 0 Å². The van der Waals surface area contributed by atoms with Gasteiger partial charge < -0.3 is 19.4 Å². The van der Waals surface area contributed by atoms with Gasteiger partial charge in [0.05, 0.1) is 5.69 Å². The van der Waals surface area contributed by atoms with Crippen molar-refractivity contribution in [2.75, 3.05) is 20.3 Å². The minimum atomic E-state index is -0.478. The van der Waals surface area contributed by atoms with Crippen LogP contribution in [0.2, 0.25) is 0 Å². The fourth-order valence-corrected chi connectivity index (χ4v) is 2.44. The zero-order chi connectivity index (χ0) is 17.5. The minimum Gasteiger partial charge on any atom is -0.444 e. The van der Waals surface area contributed by atoms with Gasteiger partial charge in [0.25, 0.3) is 0 Å². The number of ether oxygens (including phenoxy) is 2. The van der Waals surface area contributed by atoms with Crippen LogP contribution in [0.25, 0.3) is 0 Å². The molecule has 1 rings (SSSR count). The summed E-state index contributed by atoms with van der Waals surface area (Å²) in [5.74, 6) is 1.43. The molecule has 1 amide bonds. The van der Waals surface area contributed by atoms with Crippen molar-refractivity contribution in [1.82, 2.24) is 14.9 Å². The number of carbonyl (C=O) groups excluding carboxylic acids is 1. The van der Waals surface area contributed by atoms with E-state index in [0.717, 1.165) is 31.0 Å². The van der Waals surface area contributed by atoms with Crippen molar-refractivity contribution in [1.29, 1.82) is 0 Å². The number of hydrogen-bond donors (Lipinski definition) is 1. The lowest BCUT2D eigenvalue weighted by Crippen LogP contribution is -2.34. The third kappa shape index (κ3) is 7.03. The van der Waals surface area contributed by atoms with Gasteiger partial charge in [0, 0.05) is 38.9 Å². The number of amides is 1. The van der Waals surface area contributed by atoms with E-state index >= 15 is 0 Å². The van der Waals surface area contributed by atoms with Crippen LogP contribution < -0.4 is 5.32 Å². The van der Waals surface area contributed by atoms with Crippen molar-refractivity contribution in [2.24, 2.45) is 0 Å². The fraction of sp³-hybridized carbons (Fsp3) is 0.765. The Morgan fingerprint density at radius 3 is 2.70 bits per heavy atom. The lowest BCUT2D eigenvalue weighted by Gasteiger charge is -2.20. The Hall–Kier alpha value is -1.56. The molecule has 0 saturated carbocycles. The molecule has 0 aliphatic carbocycles. The van der Waals surface area contributed by atoms with Gasteiger partial charge in [-0.3, -0.25) is 0 Å². The van der Waals surface area contributed by atoms with Crippen LogP contribution >= 0.6 is 0 Å². The van der Waals surface area contributed by atoms with Crippen molar-refractivity contribution in [3.05, 3.63) is 17.7 Å². The first-order valence-corrected chi connectivity index (χ1v) is 8.26. The summed E-state index contributed by atoms with van der Waals surface area (Å²) in [6.45, 7) is 11.6. The molecule has 1 N–H and O–H groups in total. The number of methoxy groups -OCH3 is 1. The molecule has 1 atom stereocenters. The number of rotatable bonds is 8. The molecule has 0 fully saturated rings. The van der Waals surface area contributed by atoms with Crippen LogP contribution in [-0.4, -0.2) is 41.5 Å². The first-order chi connectivity index (χ1) is 10.8. The summed E-state index contributed by atoms with van der Waals surface area (Å²) in [5, 5.41) is 2.79. The predicted molar refractivity (Wildman–Crippen MR) is 90.7 cm³/mol. The molecule has 0 spiro atoms. The molecule has 0 aliphatic rings. The van der Waals surface area contributed by atoms with Gasteiger partial charge in [0.1, 0.15) is 11.4 Å². The standard InChI is InChI=1S/C17H31N3O3/c1-7-14(8-11-22-6)15-19-13(2)12-20(15)10-9-18-16(21)23-17(3,4)5/h12,14H,7-11H2,1-6H3,(H,18,21). The van der Waals surface area contributed by atoms with E-state index in [0.29, 0.717) is 19.0 Å². The van der Waals surface area contributed by atoms with Crippen LogP contribution in [-0.2, 0) is 16.0 Å². The van der Waals surface area contributed by atoms with E-state index in [1.54, 1.807) is 7.11 Å². The zero-order valence-corrected chi connectivity index (χ0v) is 15.3. The molecule has 1 aromatic rings. The van der Waals surface area contributed by atoms with Gasteiger partial charge in [-0.15, -0.1) is 0 Å². The van der Waals surface area contributed by atoms with Gasteiger partial charge in [0.2, 0.25) is 0 Å². The number of aryl methyl sites for hydroxylation is 1. The molecule has 1 heterocycles. The monoisotopic (exact) mass is 325 g/mol.